The molecule has 0 heterocycles. The van der Waals surface area contributed by atoms with Crippen LogP contribution in [-0.4, -0.2) is 24.3 Å². The minimum absolute atomic E-state index is 0.100. The van der Waals surface area contributed by atoms with Crippen molar-refractivity contribution in [3.05, 3.63) is 35.4 Å². The van der Waals surface area contributed by atoms with E-state index in [1.165, 1.54) is 0 Å². The fourth-order valence-corrected chi connectivity index (χ4v) is 2.36. The van der Waals surface area contributed by atoms with Gasteiger partial charge in [-0.3, -0.25) is 0 Å². The van der Waals surface area contributed by atoms with E-state index in [0.29, 0.717) is 24.6 Å². The molecule has 2 rings (SSSR count). The van der Waals surface area contributed by atoms with Gasteiger partial charge in [-0.25, -0.2) is 4.79 Å². The molecular formula is C18H25N3O2. The number of rotatable bonds is 6. The molecular weight excluding hydrogens is 290 g/mol. The summed E-state index contributed by atoms with van der Waals surface area (Å²) in [4.78, 5) is 11.9. The first-order chi connectivity index (χ1) is 10.9. The van der Waals surface area contributed by atoms with Gasteiger partial charge >= 0.3 is 6.09 Å². The first kappa shape index (κ1) is 17.3. The third-order valence-corrected chi connectivity index (χ3v) is 3.67. The van der Waals surface area contributed by atoms with Gasteiger partial charge in [0.15, 0.2) is 0 Å². The zero-order valence-electron chi connectivity index (χ0n) is 14.1. The number of carbonyl (C=O) groups is 1. The number of hydrogen-bond donors (Lipinski definition) is 2. The van der Waals surface area contributed by atoms with Crippen LogP contribution >= 0.6 is 0 Å². The Morgan fingerprint density at radius 3 is 2.52 bits per heavy atom. The summed E-state index contributed by atoms with van der Waals surface area (Å²) in [5.74, 6) is 0.538. The van der Waals surface area contributed by atoms with Crippen molar-refractivity contribution >= 4 is 6.09 Å². The molecule has 0 bridgehead atoms. The van der Waals surface area contributed by atoms with E-state index in [1.54, 1.807) is 0 Å². The quantitative estimate of drug-likeness (QED) is 0.846. The lowest BCUT2D eigenvalue weighted by molar-refractivity contribution is 0.0497. The fraction of sp³-hybridized carbons (Fsp3) is 0.556. The van der Waals surface area contributed by atoms with Crippen molar-refractivity contribution in [1.29, 1.82) is 5.26 Å². The van der Waals surface area contributed by atoms with Gasteiger partial charge < -0.3 is 15.4 Å². The topological polar surface area (TPSA) is 74.2 Å². The summed E-state index contributed by atoms with van der Waals surface area (Å²) < 4.78 is 5.33. The minimum atomic E-state index is -0.478. The molecule has 1 unspecified atom stereocenters. The van der Waals surface area contributed by atoms with Crippen molar-refractivity contribution < 1.29 is 9.53 Å². The summed E-state index contributed by atoms with van der Waals surface area (Å²) in [6.07, 6.45) is 1.95. The molecule has 1 saturated carbocycles. The Labute approximate surface area is 138 Å². The van der Waals surface area contributed by atoms with E-state index in [-0.39, 0.29) is 12.1 Å². The zero-order valence-corrected chi connectivity index (χ0v) is 14.1. The molecule has 23 heavy (non-hydrogen) atoms. The van der Waals surface area contributed by atoms with Gasteiger partial charge in [0.1, 0.15) is 5.60 Å². The second kappa shape index (κ2) is 7.47. The van der Waals surface area contributed by atoms with Crippen molar-refractivity contribution in [2.24, 2.45) is 5.92 Å². The molecule has 1 fully saturated rings. The standard InChI is InChI=1S/C18H25N3O2/c1-18(2,3)23-17(22)21-16(15-8-9-15)12-20-11-14-6-4-13(10-19)5-7-14/h4-7,15-16,20H,8-9,11-12H2,1-3H3,(H,21,22). The predicted molar refractivity (Wildman–Crippen MR) is 88.7 cm³/mol. The highest BCUT2D eigenvalue weighted by Crippen LogP contribution is 2.32. The van der Waals surface area contributed by atoms with Crippen LogP contribution in [0.1, 0.15) is 44.7 Å². The van der Waals surface area contributed by atoms with E-state index in [1.807, 2.05) is 45.0 Å². The normalized spacial score (nSPS) is 15.6. The Morgan fingerprint density at radius 1 is 1.35 bits per heavy atom. The number of carbonyl (C=O) groups excluding carboxylic acids is 1. The summed E-state index contributed by atoms with van der Waals surface area (Å²) in [6.45, 7) is 7.01. The van der Waals surface area contributed by atoms with E-state index >= 15 is 0 Å². The fourth-order valence-electron chi connectivity index (χ4n) is 2.36. The van der Waals surface area contributed by atoms with Crippen molar-refractivity contribution in [2.45, 2.75) is 51.8 Å². The average Bonchev–Trinajstić information content (AvgIpc) is 3.29. The van der Waals surface area contributed by atoms with Crippen LogP contribution in [0.15, 0.2) is 24.3 Å². The number of nitrogens with one attached hydrogen (secondary N) is 2. The molecule has 5 heteroatoms. The van der Waals surface area contributed by atoms with Crippen molar-refractivity contribution in [2.75, 3.05) is 6.54 Å². The highest BCUT2D eigenvalue weighted by molar-refractivity contribution is 5.68. The lowest BCUT2D eigenvalue weighted by atomic mass is 10.1. The SMILES string of the molecule is CC(C)(C)OC(=O)NC(CNCc1ccc(C#N)cc1)C1CC1. The van der Waals surface area contributed by atoms with Gasteiger partial charge in [0.2, 0.25) is 0 Å². The largest absolute Gasteiger partial charge is 0.444 e. The van der Waals surface area contributed by atoms with Gasteiger partial charge in [-0.2, -0.15) is 5.26 Å². The van der Waals surface area contributed by atoms with E-state index in [9.17, 15) is 4.79 Å². The van der Waals surface area contributed by atoms with Crippen molar-refractivity contribution in [3.8, 4) is 6.07 Å². The van der Waals surface area contributed by atoms with Crippen LogP contribution in [0.2, 0.25) is 0 Å². The molecule has 0 saturated heterocycles. The Kier molecular flexibility index (Phi) is 5.62. The summed E-state index contributed by atoms with van der Waals surface area (Å²) in [6, 6.07) is 9.72. The molecule has 5 nitrogen and oxygen atoms in total. The minimum Gasteiger partial charge on any atom is -0.444 e. The second-order valence-electron chi connectivity index (χ2n) is 7.03. The maximum absolute atomic E-state index is 11.9. The third-order valence-electron chi connectivity index (χ3n) is 3.67. The van der Waals surface area contributed by atoms with Crippen LogP contribution in [0.5, 0.6) is 0 Å². The van der Waals surface area contributed by atoms with Gasteiger partial charge in [-0.15, -0.1) is 0 Å². The molecule has 1 aliphatic carbocycles. The molecule has 1 atom stereocenters. The van der Waals surface area contributed by atoms with Crippen LogP contribution < -0.4 is 10.6 Å². The van der Waals surface area contributed by atoms with Crippen LogP contribution in [-0.2, 0) is 11.3 Å². The van der Waals surface area contributed by atoms with Crippen molar-refractivity contribution in [3.63, 3.8) is 0 Å². The monoisotopic (exact) mass is 315 g/mol. The molecule has 0 radical (unpaired) electrons. The lowest BCUT2D eigenvalue weighted by Gasteiger charge is -2.24. The molecule has 124 valence electrons. The molecule has 0 aromatic heterocycles. The van der Waals surface area contributed by atoms with Crippen LogP contribution in [0, 0.1) is 17.2 Å². The molecule has 2 N–H and O–H groups in total. The summed E-state index contributed by atoms with van der Waals surface area (Å²) in [5, 5.41) is 15.1. The first-order valence-electron chi connectivity index (χ1n) is 8.06. The Morgan fingerprint density at radius 2 is 2.00 bits per heavy atom. The first-order valence-corrected chi connectivity index (χ1v) is 8.06. The molecule has 1 aliphatic rings. The van der Waals surface area contributed by atoms with Crippen LogP contribution in [0.25, 0.3) is 0 Å². The summed E-state index contributed by atoms with van der Waals surface area (Å²) in [7, 11) is 0. The number of hydrogen-bond acceptors (Lipinski definition) is 4. The smallest absolute Gasteiger partial charge is 0.407 e. The van der Waals surface area contributed by atoms with E-state index in [0.717, 1.165) is 18.4 Å². The number of benzene rings is 1. The zero-order chi connectivity index (χ0) is 16.9. The number of nitrogens with zero attached hydrogens (tertiary/aromatic N) is 1. The van der Waals surface area contributed by atoms with E-state index < -0.39 is 5.60 Å². The molecule has 1 aromatic rings. The highest BCUT2D eigenvalue weighted by Gasteiger charge is 2.33. The average molecular weight is 315 g/mol. The van der Waals surface area contributed by atoms with Crippen molar-refractivity contribution in [1.82, 2.24) is 10.6 Å². The van der Waals surface area contributed by atoms with Crippen LogP contribution in [0.3, 0.4) is 0 Å². The van der Waals surface area contributed by atoms with Gasteiger partial charge in [0, 0.05) is 19.1 Å². The van der Waals surface area contributed by atoms with Gasteiger partial charge in [-0.05, 0) is 57.2 Å². The number of amides is 1. The van der Waals surface area contributed by atoms with Gasteiger partial charge in [-0.1, -0.05) is 12.1 Å². The summed E-state index contributed by atoms with van der Waals surface area (Å²) >= 11 is 0. The lowest BCUT2D eigenvalue weighted by Crippen LogP contribution is -2.45. The highest BCUT2D eigenvalue weighted by atomic mass is 16.6. The molecule has 1 aromatic carbocycles. The van der Waals surface area contributed by atoms with E-state index in [4.69, 9.17) is 10.00 Å². The summed E-state index contributed by atoms with van der Waals surface area (Å²) in [5.41, 5.74) is 1.31. The molecule has 1 amide bonds. The number of nitriles is 1. The second-order valence-corrected chi connectivity index (χ2v) is 7.03. The maximum atomic E-state index is 11.9. The Bertz CT molecular complexity index is 565. The number of ether oxygens (including phenoxy) is 1. The Hall–Kier alpha value is -2.06. The van der Waals surface area contributed by atoms with E-state index in [2.05, 4.69) is 16.7 Å². The third kappa shape index (κ3) is 6.29. The van der Waals surface area contributed by atoms with Gasteiger partial charge in [0.05, 0.1) is 11.6 Å². The van der Waals surface area contributed by atoms with Crippen LogP contribution in [0.4, 0.5) is 4.79 Å². The van der Waals surface area contributed by atoms with Gasteiger partial charge in [0.25, 0.3) is 0 Å². The predicted octanol–water partition coefficient (Wildman–Crippen LogP) is 2.95. The molecule has 0 spiro atoms. The number of alkyl carbamates (subject to hydrolysis) is 1. The molecule has 0 aliphatic heterocycles. The Balaban J connectivity index is 1.78. The maximum Gasteiger partial charge on any atom is 0.407 e.